The van der Waals surface area contributed by atoms with E-state index in [1.54, 1.807) is 38.1 Å². The van der Waals surface area contributed by atoms with Crippen LogP contribution in [-0.4, -0.2) is 58.9 Å². The maximum absolute atomic E-state index is 13.5. The molecule has 0 bridgehead atoms. The highest BCUT2D eigenvalue weighted by Gasteiger charge is 2.39. The predicted octanol–water partition coefficient (Wildman–Crippen LogP) is 4.49. The van der Waals surface area contributed by atoms with E-state index in [9.17, 15) is 36.4 Å². The zero-order valence-corrected chi connectivity index (χ0v) is 25.5. The van der Waals surface area contributed by atoms with Crippen LogP contribution >= 0.6 is 0 Å². The van der Waals surface area contributed by atoms with E-state index < -0.39 is 52.0 Å². The molecule has 0 radical (unpaired) electrons. The van der Waals surface area contributed by atoms with E-state index in [0.29, 0.717) is 12.0 Å². The molecule has 1 aliphatic heterocycles. The number of rotatable bonds is 10. The van der Waals surface area contributed by atoms with Gasteiger partial charge in [-0.05, 0) is 50.1 Å². The van der Waals surface area contributed by atoms with Gasteiger partial charge < -0.3 is 9.94 Å². The Bertz CT molecular complexity index is 1670. The predicted molar refractivity (Wildman–Crippen MR) is 151 cm³/mol. The number of sulfonamides is 1. The third-order valence-electron chi connectivity index (χ3n) is 6.74. The van der Waals surface area contributed by atoms with Gasteiger partial charge in [-0.2, -0.15) is 18.3 Å². The molecule has 1 fully saturated rings. The van der Waals surface area contributed by atoms with Crippen LogP contribution in [0.15, 0.2) is 64.8 Å². The molecule has 1 aromatic heterocycles. The number of alkyl halides is 3. The molecular formula is C28H31F3N6O7S. The van der Waals surface area contributed by atoms with Crippen LogP contribution in [0.25, 0.3) is 16.9 Å². The lowest BCUT2D eigenvalue weighted by molar-refractivity contribution is -0.713. The normalized spacial score (nSPS) is 16.5. The topological polar surface area (TPSA) is 158 Å². The zero-order valence-electron chi connectivity index (χ0n) is 24.7. The van der Waals surface area contributed by atoms with E-state index in [-0.39, 0.29) is 34.2 Å². The first-order chi connectivity index (χ1) is 21.1. The number of aromatic nitrogens is 2. The van der Waals surface area contributed by atoms with Gasteiger partial charge in [-0.3, -0.25) is 14.4 Å². The Morgan fingerprint density at radius 1 is 1.11 bits per heavy atom. The van der Waals surface area contributed by atoms with Gasteiger partial charge in [0.1, 0.15) is 0 Å². The number of nitrogens with one attached hydrogen (secondary N) is 1. The summed E-state index contributed by atoms with van der Waals surface area (Å²) in [6, 6.07) is 11.2. The summed E-state index contributed by atoms with van der Waals surface area (Å²) in [5.41, 5.74) is 0.521. The lowest BCUT2D eigenvalue weighted by Gasteiger charge is -2.20. The van der Waals surface area contributed by atoms with Gasteiger partial charge in [-0.1, -0.05) is 43.7 Å². The fourth-order valence-electron chi connectivity index (χ4n) is 4.37. The molecule has 0 aliphatic carbocycles. The number of carbonyl (C=O) groups excluding carboxylic acids is 2. The summed E-state index contributed by atoms with van der Waals surface area (Å²) in [7, 11) is -4.45. The van der Waals surface area contributed by atoms with E-state index in [1.165, 1.54) is 19.1 Å². The third kappa shape index (κ3) is 7.89. The number of aryl methyl sites for hydroxylation is 1. The third-order valence-corrected chi connectivity index (χ3v) is 8.10. The van der Waals surface area contributed by atoms with Crippen LogP contribution in [0.4, 0.5) is 13.2 Å². The Morgan fingerprint density at radius 3 is 2.36 bits per heavy atom. The molecule has 45 heavy (non-hydrogen) atoms. The SMILES string of the molecule is Cc1ccc(-c2cc(C(F)(F)F)nn2-c2ccc(S(=O)(=O)NC(=O)[C@@H]3CCCN3/[N+]([O-])=N\OC(C)OC(=O)C(C)C)cc2)cc1. The Kier molecular flexibility index (Phi) is 9.70. The first-order valence-corrected chi connectivity index (χ1v) is 15.3. The van der Waals surface area contributed by atoms with Crippen molar-refractivity contribution in [3.8, 4) is 16.9 Å². The molecule has 4 rings (SSSR count). The van der Waals surface area contributed by atoms with Crippen molar-refractivity contribution in [2.24, 2.45) is 11.2 Å². The molecule has 0 saturated carbocycles. The molecule has 1 aliphatic rings. The first-order valence-electron chi connectivity index (χ1n) is 13.8. The van der Waals surface area contributed by atoms with E-state index in [1.807, 2.05) is 11.6 Å². The second kappa shape index (κ2) is 13.1. The molecule has 2 heterocycles. The van der Waals surface area contributed by atoms with Crippen molar-refractivity contribution in [1.82, 2.24) is 19.5 Å². The highest BCUT2D eigenvalue weighted by molar-refractivity contribution is 7.90. The van der Waals surface area contributed by atoms with Gasteiger partial charge in [-0.25, -0.2) is 17.8 Å². The van der Waals surface area contributed by atoms with E-state index in [0.717, 1.165) is 33.5 Å². The van der Waals surface area contributed by atoms with Gasteiger partial charge in [0.15, 0.2) is 11.7 Å². The summed E-state index contributed by atoms with van der Waals surface area (Å²) >= 11 is 0. The maximum Gasteiger partial charge on any atom is 0.435 e. The lowest BCUT2D eigenvalue weighted by atomic mass is 10.1. The Hall–Kier alpha value is -4.67. The van der Waals surface area contributed by atoms with Crippen molar-refractivity contribution in [2.45, 2.75) is 63.9 Å². The number of nitrogens with zero attached hydrogens (tertiary/aromatic N) is 5. The number of benzene rings is 2. The summed E-state index contributed by atoms with van der Waals surface area (Å²) in [4.78, 5) is 29.1. The second-order valence-corrected chi connectivity index (χ2v) is 12.3. The maximum atomic E-state index is 13.5. The molecule has 3 aromatic rings. The average molecular weight is 653 g/mol. The van der Waals surface area contributed by atoms with Crippen LogP contribution in [0.5, 0.6) is 0 Å². The van der Waals surface area contributed by atoms with Crippen LogP contribution < -0.4 is 4.72 Å². The molecule has 13 nitrogen and oxygen atoms in total. The second-order valence-electron chi connectivity index (χ2n) is 10.6. The number of halogens is 3. The minimum absolute atomic E-state index is 0.0106. The number of carbonyl (C=O) groups is 2. The fraction of sp³-hybridized carbons (Fsp3) is 0.393. The van der Waals surface area contributed by atoms with Crippen molar-refractivity contribution < 1.29 is 45.7 Å². The van der Waals surface area contributed by atoms with Crippen LogP contribution in [0, 0.1) is 18.0 Å². The van der Waals surface area contributed by atoms with Crippen molar-refractivity contribution >= 4 is 21.9 Å². The Morgan fingerprint density at radius 2 is 1.76 bits per heavy atom. The number of ether oxygens (including phenoxy) is 1. The highest BCUT2D eigenvalue weighted by Crippen LogP contribution is 2.33. The molecule has 1 saturated heterocycles. The van der Waals surface area contributed by atoms with Crippen LogP contribution in [0.3, 0.4) is 0 Å². The van der Waals surface area contributed by atoms with Gasteiger partial charge >= 0.3 is 12.1 Å². The molecule has 242 valence electrons. The summed E-state index contributed by atoms with van der Waals surface area (Å²) in [5, 5.41) is 20.5. The summed E-state index contributed by atoms with van der Waals surface area (Å²) in [6.45, 7) is 6.46. The smallest absolute Gasteiger partial charge is 0.435 e. The van der Waals surface area contributed by atoms with Crippen molar-refractivity contribution in [3.05, 3.63) is 71.1 Å². The van der Waals surface area contributed by atoms with Crippen molar-refractivity contribution in [1.29, 1.82) is 0 Å². The van der Waals surface area contributed by atoms with Crippen molar-refractivity contribution in [2.75, 3.05) is 6.54 Å². The average Bonchev–Trinajstić information content (AvgIpc) is 3.65. The molecule has 2 atom stereocenters. The monoisotopic (exact) mass is 652 g/mol. The lowest BCUT2D eigenvalue weighted by Crippen LogP contribution is -2.47. The molecule has 1 amide bonds. The van der Waals surface area contributed by atoms with E-state index in [2.05, 4.69) is 10.4 Å². The molecule has 17 heteroatoms. The summed E-state index contributed by atoms with van der Waals surface area (Å²) in [5.74, 6) is -2.02. The molecular weight excluding hydrogens is 621 g/mol. The molecule has 1 N–H and O–H groups in total. The number of esters is 1. The number of hydrogen-bond donors (Lipinski definition) is 1. The summed E-state index contributed by atoms with van der Waals surface area (Å²) in [6.07, 6.45) is -5.41. The highest BCUT2D eigenvalue weighted by atomic mass is 32.2. The quantitative estimate of drug-likeness (QED) is 0.110. The van der Waals surface area contributed by atoms with Gasteiger partial charge in [0.2, 0.25) is 5.28 Å². The fourth-order valence-corrected chi connectivity index (χ4v) is 5.38. The van der Waals surface area contributed by atoms with E-state index in [4.69, 9.17) is 9.57 Å². The molecule has 1 unspecified atom stereocenters. The zero-order chi connectivity index (χ0) is 33.1. The van der Waals surface area contributed by atoms with Crippen LogP contribution in [0.2, 0.25) is 0 Å². The first kappa shape index (κ1) is 33.2. The number of hydrazine groups is 1. The number of hydrogen-bond acceptors (Lipinski definition) is 9. The van der Waals surface area contributed by atoms with Gasteiger partial charge in [0.05, 0.1) is 33.7 Å². The number of amides is 1. The van der Waals surface area contributed by atoms with Gasteiger partial charge in [-0.15, -0.1) is 5.01 Å². The van der Waals surface area contributed by atoms with Crippen LogP contribution in [-0.2, 0) is 35.4 Å². The van der Waals surface area contributed by atoms with Gasteiger partial charge in [0, 0.05) is 12.5 Å². The minimum Gasteiger partial charge on any atom is -0.569 e. The van der Waals surface area contributed by atoms with E-state index >= 15 is 0 Å². The molecule has 2 aromatic carbocycles. The van der Waals surface area contributed by atoms with Crippen LogP contribution in [0.1, 0.15) is 44.9 Å². The molecule has 0 spiro atoms. The Balaban J connectivity index is 1.49. The van der Waals surface area contributed by atoms with Crippen molar-refractivity contribution in [3.63, 3.8) is 0 Å². The summed E-state index contributed by atoms with van der Waals surface area (Å²) < 4.78 is 74.6. The Labute approximate surface area is 256 Å². The van der Waals surface area contributed by atoms with Gasteiger partial charge in [0.25, 0.3) is 22.2 Å². The largest absolute Gasteiger partial charge is 0.569 e. The minimum atomic E-state index is -4.72. The standard InChI is InChI=1S/C28H31F3N6O7S/c1-17(2)27(39)43-19(4)44-34-37(40)35-15-5-6-23(35)26(38)33-45(41,42)22-13-11-21(12-14-22)36-24(16-25(32-36)28(29,30)31)20-9-7-18(3)8-10-20/h7-14,16-17,19,23H,5-6,15H2,1-4H3,(H,33,38)/b37-34+/t19?,23-/m0/s1.